The number of nitro benzene ring substituents is 1. The van der Waals surface area contributed by atoms with Gasteiger partial charge in [0.25, 0.3) is 5.69 Å². The molecule has 0 bridgehead atoms. The molecule has 7 nitrogen and oxygen atoms in total. The first-order valence-corrected chi connectivity index (χ1v) is 6.72. The molecule has 0 spiro atoms. The monoisotopic (exact) mass is 294 g/mol. The number of nitro groups is 1. The normalized spacial score (nSPS) is 12.5. The third-order valence-electron chi connectivity index (χ3n) is 3.19. The van der Waals surface area contributed by atoms with Crippen LogP contribution in [0.5, 0.6) is 0 Å². The van der Waals surface area contributed by atoms with Crippen LogP contribution in [0.1, 0.15) is 24.2 Å². The zero-order chi connectivity index (χ0) is 16.2. The highest BCUT2D eigenvalue weighted by molar-refractivity contribution is 5.94. The van der Waals surface area contributed by atoms with Crippen molar-refractivity contribution < 1.29 is 9.72 Å². The molecule has 1 aromatic carbocycles. The number of nitrogens with two attached hydrogens (primary N) is 1. The molecular weight excluding hydrogens is 272 g/mol. The Hall–Kier alpha value is -2.15. The van der Waals surface area contributed by atoms with Crippen LogP contribution in [0.3, 0.4) is 0 Å². The summed E-state index contributed by atoms with van der Waals surface area (Å²) in [5.41, 5.74) is 5.73. The maximum atomic E-state index is 11.2. The number of rotatable bonds is 7. The quantitative estimate of drug-likeness (QED) is 0.588. The maximum absolute atomic E-state index is 11.2. The molecule has 1 aromatic rings. The Morgan fingerprint density at radius 2 is 2.05 bits per heavy atom. The van der Waals surface area contributed by atoms with Crippen molar-refractivity contribution in [3.63, 3.8) is 0 Å². The van der Waals surface area contributed by atoms with E-state index in [9.17, 15) is 14.9 Å². The first-order valence-electron chi connectivity index (χ1n) is 6.72. The first-order chi connectivity index (χ1) is 9.72. The molecule has 0 aromatic heterocycles. The largest absolute Gasteiger partial charge is 0.375 e. The Kier molecular flexibility index (Phi) is 5.66. The van der Waals surface area contributed by atoms with Crippen LogP contribution in [0.15, 0.2) is 18.2 Å². The van der Waals surface area contributed by atoms with Gasteiger partial charge in [-0.15, -0.1) is 0 Å². The molecule has 0 saturated heterocycles. The second-order valence-electron chi connectivity index (χ2n) is 5.61. The van der Waals surface area contributed by atoms with E-state index in [4.69, 9.17) is 5.73 Å². The summed E-state index contributed by atoms with van der Waals surface area (Å²) >= 11 is 0. The lowest BCUT2D eigenvalue weighted by molar-refractivity contribution is -0.384. The SMILES string of the molecule is CC(C)C(CN(C)C)Nc1cc(C(N)=O)ccc1[N+](=O)[O-]. The van der Waals surface area contributed by atoms with Crippen molar-refractivity contribution in [3.05, 3.63) is 33.9 Å². The lowest BCUT2D eigenvalue weighted by Gasteiger charge is -2.26. The third kappa shape index (κ3) is 4.71. The summed E-state index contributed by atoms with van der Waals surface area (Å²) < 4.78 is 0. The number of primary amides is 1. The van der Waals surface area contributed by atoms with E-state index in [0.29, 0.717) is 5.69 Å². The molecule has 1 atom stereocenters. The van der Waals surface area contributed by atoms with Crippen molar-refractivity contribution in [1.29, 1.82) is 0 Å². The Morgan fingerprint density at radius 1 is 1.43 bits per heavy atom. The topological polar surface area (TPSA) is 102 Å². The zero-order valence-electron chi connectivity index (χ0n) is 12.8. The summed E-state index contributed by atoms with van der Waals surface area (Å²) in [6, 6.07) is 4.12. The van der Waals surface area contributed by atoms with Crippen LogP contribution in [-0.4, -0.2) is 42.4 Å². The Bertz CT molecular complexity index is 529. The fraction of sp³-hybridized carbons (Fsp3) is 0.500. The summed E-state index contributed by atoms with van der Waals surface area (Å²) in [5, 5.41) is 14.3. The number of anilines is 1. The molecule has 0 aliphatic rings. The number of benzene rings is 1. The van der Waals surface area contributed by atoms with Gasteiger partial charge in [-0.25, -0.2) is 0 Å². The third-order valence-corrected chi connectivity index (χ3v) is 3.19. The molecule has 0 heterocycles. The molecule has 116 valence electrons. The molecule has 0 saturated carbocycles. The van der Waals surface area contributed by atoms with Crippen molar-refractivity contribution in [3.8, 4) is 0 Å². The molecule has 1 unspecified atom stereocenters. The van der Waals surface area contributed by atoms with Gasteiger partial charge in [0.15, 0.2) is 0 Å². The van der Waals surface area contributed by atoms with E-state index in [1.807, 2.05) is 32.8 Å². The van der Waals surface area contributed by atoms with E-state index in [1.165, 1.54) is 18.2 Å². The highest BCUT2D eigenvalue weighted by Gasteiger charge is 2.21. The minimum Gasteiger partial charge on any atom is -0.375 e. The number of likely N-dealkylation sites (N-methyl/N-ethyl adjacent to an activating group) is 1. The van der Waals surface area contributed by atoms with Gasteiger partial charge in [0.1, 0.15) is 5.69 Å². The standard InChI is InChI=1S/C14H22N4O3/c1-9(2)12(8-17(3)4)16-11-7-10(14(15)19)5-6-13(11)18(20)21/h5-7,9,12,16H,8H2,1-4H3,(H2,15,19). The number of carbonyl (C=O) groups excluding carboxylic acids is 1. The Balaban J connectivity index is 3.15. The molecule has 1 amide bonds. The van der Waals surface area contributed by atoms with Crippen molar-refractivity contribution in [1.82, 2.24) is 4.90 Å². The van der Waals surface area contributed by atoms with Gasteiger partial charge in [0.2, 0.25) is 5.91 Å². The first kappa shape index (κ1) is 16.9. The van der Waals surface area contributed by atoms with Crippen LogP contribution in [0.2, 0.25) is 0 Å². The molecule has 1 rings (SSSR count). The van der Waals surface area contributed by atoms with Crippen LogP contribution >= 0.6 is 0 Å². The van der Waals surface area contributed by atoms with Crippen molar-refractivity contribution in [2.24, 2.45) is 11.7 Å². The highest BCUT2D eigenvalue weighted by Crippen LogP contribution is 2.27. The number of nitrogens with one attached hydrogen (secondary N) is 1. The van der Waals surface area contributed by atoms with E-state index < -0.39 is 10.8 Å². The molecule has 21 heavy (non-hydrogen) atoms. The van der Waals surface area contributed by atoms with E-state index in [2.05, 4.69) is 5.32 Å². The summed E-state index contributed by atoms with van der Waals surface area (Å²) in [4.78, 5) is 23.9. The van der Waals surface area contributed by atoms with Gasteiger partial charge in [-0.2, -0.15) is 0 Å². The van der Waals surface area contributed by atoms with Gasteiger partial charge in [-0.1, -0.05) is 13.8 Å². The molecule has 0 radical (unpaired) electrons. The van der Waals surface area contributed by atoms with Crippen LogP contribution in [0, 0.1) is 16.0 Å². The fourth-order valence-corrected chi connectivity index (χ4v) is 1.98. The number of amides is 1. The smallest absolute Gasteiger partial charge is 0.292 e. The average molecular weight is 294 g/mol. The van der Waals surface area contributed by atoms with Crippen LogP contribution in [0.25, 0.3) is 0 Å². The molecule has 0 aliphatic heterocycles. The zero-order valence-corrected chi connectivity index (χ0v) is 12.8. The average Bonchev–Trinajstić information content (AvgIpc) is 2.36. The van der Waals surface area contributed by atoms with E-state index in [0.717, 1.165) is 6.54 Å². The lowest BCUT2D eigenvalue weighted by atomic mass is 10.0. The predicted octanol–water partition coefficient (Wildman–Crippen LogP) is 1.69. The van der Waals surface area contributed by atoms with Crippen LogP contribution in [-0.2, 0) is 0 Å². The van der Waals surface area contributed by atoms with Gasteiger partial charge >= 0.3 is 0 Å². The molecule has 3 N–H and O–H groups in total. The van der Waals surface area contributed by atoms with Gasteiger partial charge < -0.3 is 16.0 Å². The number of carbonyl (C=O) groups is 1. The Morgan fingerprint density at radius 3 is 2.48 bits per heavy atom. The molecule has 0 fully saturated rings. The van der Waals surface area contributed by atoms with Gasteiger partial charge in [0.05, 0.1) is 4.92 Å². The van der Waals surface area contributed by atoms with Crippen LogP contribution in [0.4, 0.5) is 11.4 Å². The molecule has 7 heteroatoms. The maximum Gasteiger partial charge on any atom is 0.292 e. The van der Waals surface area contributed by atoms with Crippen LogP contribution < -0.4 is 11.1 Å². The summed E-state index contributed by atoms with van der Waals surface area (Å²) in [6.07, 6.45) is 0. The van der Waals surface area contributed by atoms with Crippen molar-refractivity contribution in [2.75, 3.05) is 26.0 Å². The minimum atomic E-state index is -0.610. The van der Waals surface area contributed by atoms with Gasteiger partial charge in [-0.05, 0) is 32.1 Å². The van der Waals surface area contributed by atoms with E-state index in [1.54, 1.807) is 0 Å². The highest BCUT2D eigenvalue weighted by atomic mass is 16.6. The Labute approximate surface area is 124 Å². The van der Waals surface area contributed by atoms with E-state index in [-0.39, 0.29) is 23.2 Å². The van der Waals surface area contributed by atoms with E-state index >= 15 is 0 Å². The van der Waals surface area contributed by atoms with Crippen molar-refractivity contribution in [2.45, 2.75) is 19.9 Å². The number of nitrogens with zero attached hydrogens (tertiary/aromatic N) is 2. The predicted molar refractivity (Wildman–Crippen MR) is 82.4 cm³/mol. The number of hydrogen-bond donors (Lipinski definition) is 2. The summed E-state index contributed by atoms with van der Waals surface area (Å²) in [6.45, 7) is 4.78. The minimum absolute atomic E-state index is 0.0156. The molecular formula is C14H22N4O3. The van der Waals surface area contributed by atoms with Crippen molar-refractivity contribution >= 4 is 17.3 Å². The van der Waals surface area contributed by atoms with Gasteiger partial charge in [0, 0.05) is 24.2 Å². The lowest BCUT2D eigenvalue weighted by Crippen LogP contribution is -2.36. The fourth-order valence-electron chi connectivity index (χ4n) is 1.98. The summed E-state index contributed by atoms with van der Waals surface area (Å²) in [7, 11) is 3.87. The second kappa shape index (κ2) is 7.03. The summed E-state index contributed by atoms with van der Waals surface area (Å²) in [5.74, 6) is -0.342. The second-order valence-corrected chi connectivity index (χ2v) is 5.61. The number of hydrogen-bond acceptors (Lipinski definition) is 5. The van der Waals surface area contributed by atoms with Gasteiger partial charge in [-0.3, -0.25) is 14.9 Å². The molecule has 0 aliphatic carbocycles.